The highest BCUT2D eigenvalue weighted by molar-refractivity contribution is 5.58. The Balaban J connectivity index is 3.25. The predicted molar refractivity (Wildman–Crippen MR) is 46.9 cm³/mol. The molecule has 0 aliphatic heterocycles. The van der Waals surface area contributed by atoms with Crippen molar-refractivity contribution in [2.75, 3.05) is 12.8 Å². The monoisotopic (exact) mass is 151 g/mol. The molecule has 0 radical (unpaired) electrons. The van der Waals surface area contributed by atoms with Gasteiger partial charge in [-0.15, -0.1) is 0 Å². The first-order chi connectivity index (χ1) is 5.15. The summed E-state index contributed by atoms with van der Waals surface area (Å²) >= 11 is 0. The molecule has 1 aromatic rings. The number of nitrogen functional groups attached to an aromatic ring is 1. The second-order valence-corrected chi connectivity index (χ2v) is 2.70. The topological polar surface area (TPSA) is 35.2 Å². The summed E-state index contributed by atoms with van der Waals surface area (Å²) in [5.74, 6) is 0.788. The molecule has 60 valence electrons. The summed E-state index contributed by atoms with van der Waals surface area (Å²) in [5.41, 5.74) is 8.68. The van der Waals surface area contributed by atoms with E-state index in [4.69, 9.17) is 10.5 Å². The molecule has 0 saturated heterocycles. The third-order valence-corrected chi connectivity index (χ3v) is 1.65. The molecule has 11 heavy (non-hydrogen) atoms. The van der Waals surface area contributed by atoms with E-state index >= 15 is 0 Å². The van der Waals surface area contributed by atoms with Crippen LogP contribution in [0.4, 0.5) is 5.69 Å². The Hall–Kier alpha value is -1.18. The summed E-state index contributed by atoms with van der Waals surface area (Å²) in [4.78, 5) is 0. The predicted octanol–water partition coefficient (Wildman–Crippen LogP) is 1.89. The van der Waals surface area contributed by atoms with Crippen LogP contribution in [0.5, 0.6) is 5.75 Å². The number of benzene rings is 1. The standard InChI is InChI=1S/C9H13NO/c1-6-4-7(2)9(11-3)8(10)5-6/h4-5H,10H2,1-3H3. The molecule has 2 N–H and O–H groups in total. The summed E-state index contributed by atoms with van der Waals surface area (Å²) in [5, 5.41) is 0. The van der Waals surface area contributed by atoms with Gasteiger partial charge in [-0.3, -0.25) is 0 Å². The van der Waals surface area contributed by atoms with E-state index in [1.807, 2.05) is 19.9 Å². The van der Waals surface area contributed by atoms with Crippen molar-refractivity contribution in [3.63, 3.8) is 0 Å². The van der Waals surface area contributed by atoms with Gasteiger partial charge in [-0.25, -0.2) is 0 Å². The Morgan fingerprint density at radius 1 is 1.27 bits per heavy atom. The maximum atomic E-state index is 5.71. The molecule has 0 aliphatic carbocycles. The van der Waals surface area contributed by atoms with Crippen molar-refractivity contribution in [3.05, 3.63) is 23.3 Å². The first-order valence-electron chi connectivity index (χ1n) is 3.56. The maximum absolute atomic E-state index is 5.71. The molecule has 0 atom stereocenters. The van der Waals surface area contributed by atoms with E-state index in [2.05, 4.69) is 6.07 Å². The summed E-state index contributed by atoms with van der Waals surface area (Å²) < 4.78 is 5.11. The van der Waals surface area contributed by atoms with Crippen LogP contribution in [0.1, 0.15) is 11.1 Å². The third-order valence-electron chi connectivity index (χ3n) is 1.65. The lowest BCUT2D eigenvalue weighted by Crippen LogP contribution is -1.95. The van der Waals surface area contributed by atoms with Crippen LogP contribution < -0.4 is 10.5 Å². The minimum absolute atomic E-state index is 0.713. The minimum atomic E-state index is 0.713. The molecule has 1 aromatic carbocycles. The van der Waals surface area contributed by atoms with Crippen molar-refractivity contribution in [1.82, 2.24) is 0 Å². The van der Waals surface area contributed by atoms with Gasteiger partial charge in [0.2, 0.25) is 0 Å². The van der Waals surface area contributed by atoms with E-state index in [-0.39, 0.29) is 0 Å². The number of hydrogen-bond donors (Lipinski definition) is 1. The van der Waals surface area contributed by atoms with Crippen molar-refractivity contribution in [2.24, 2.45) is 0 Å². The molecule has 0 fully saturated rings. The van der Waals surface area contributed by atoms with Crippen LogP contribution in [-0.2, 0) is 0 Å². The number of hydrogen-bond acceptors (Lipinski definition) is 2. The van der Waals surface area contributed by atoms with E-state index in [1.165, 1.54) is 5.56 Å². The van der Waals surface area contributed by atoms with Gasteiger partial charge in [0.1, 0.15) is 5.75 Å². The fraction of sp³-hybridized carbons (Fsp3) is 0.333. The molecule has 0 amide bonds. The average molecular weight is 151 g/mol. The van der Waals surface area contributed by atoms with Crippen LogP contribution in [0.15, 0.2) is 12.1 Å². The van der Waals surface area contributed by atoms with E-state index in [9.17, 15) is 0 Å². The van der Waals surface area contributed by atoms with Gasteiger partial charge in [-0.05, 0) is 31.0 Å². The van der Waals surface area contributed by atoms with Crippen LogP contribution in [0.2, 0.25) is 0 Å². The van der Waals surface area contributed by atoms with E-state index < -0.39 is 0 Å². The summed E-state index contributed by atoms with van der Waals surface area (Å²) in [6, 6.07) is 3.96. The molecule has 1 rings (SSSR count). The second-order valence-electron chi connectivity index (χ2n) is 2.70. The average Bonchev–Trinajstić information content (AvgIpc) is 1.85. The molecule has 0 bridgehead atoms. The van der Waals surface area contributed by atoms with Crippen molar-refractivity contribution < 1.29 is 4.74 Å². The molecule has 0 saturated carbocycles. The van der Waals surface area contributed by atoms with Crippen LogP contribution in [0.25, 0.3) is 0 Å². The van der Waals surface area contributed by atoms with Gasteiger partial charge in [0, 0.05) is 0 Å². The van der Waals surface area contributed by atoms with Crippen molar-refractivity contribution in [1.29, 1.82) is 0 Å². The first-order valence-corrected chi connectivity index (χ1v) is 3.56. The number of ether oxygens (including phenoxy) is 1. The smallest absolute Gasteiger partial charge is 0.144 e. The zero-order chi connectivity index (χ0) is 8.43. The van der Waals surface area contributed by atoms with Gasteiger partial charge in [-0.2, -0.15) is 0 Å². The molecular weight excluding hydrogens is 138 g/mol. The van der Waals surface area contributed by atoms with Gasteiger partial charge in [0.15, 0.2) is 0 Å². The number of methoxy groups -OCH3 is 1. The lowest BCUT2D eigenvalue weighted by molar-refractivity contribution is 0.414. The fourth-order valence-electron chi connectivity index (χ4n) is 1.27. The van der Waals surface area contributed by atoms with Crippen molar-refractivity contribution in [3.8, 4) is 5.75 Å². The Morgan fingerprint density at radius 2 is 1.91 bits per heavy atom. The highest BCUT2D eigenvalue weighted by Gasteiger charge is 2.02. The molecule has 0 heterocycles. The number of anilines is 1. The summed E-state index contributed by atoms with van der Waals surface area (Å²) in [6.07, 6.45) is 0. The number of rotatable bonds is 1. The van der Waals surface area contributed by atoms with Gasteiger partial charge in [0.25, 0.3) is 0 Å². The van der Waals surface area contributed by atoms with Crippen molar-refractivity contribution in [2.45, 2.75) is 13.8 Å². The molecule has 2 nitrogen and oxygen atoms in total. The van der Waals surface area contributed by atoms with E-state index in [0.717, 1.165) is 11.3 Å². The van der Waals surface area contributed by atoms with Crippen LogP contribution in [0, 0.1) is 13.8 Å². The Kier molecular flexibility index (Phi) is 2.03. The molecule has 0 spiro atoms. The molecule has 0 unspecified atom stereocenters. The van der Waals surface area contributed by atoms with E-state index in [0.29, 0.717) is 5.69 Å². The van der Waals surface area contributed by atoms with Crippen LogP contribution in [0.3, 0.4) is 0 Å². The lowest BCUT2D eigenvalue weighted by atomic mass is 10.1. The quantitative estimate of drug-likeness (QED) is 0.622. The first kappa shape index (κ1) is 7.92. The highest BCUT2D eigenvalue weighted by atomic mass is 16.5. The van der Waals surface area contributed by atoms with Crippen LogP contribution >= 0.6 is 0 Å². The Morgan fingerprint density at radius 3 is 2.36 bits per heavy atom. The second kappa shape index (κ2) is 2.82. The van der Waals surface area contributed by atoms with Gasteiger partial charge < -0.3 is 10.5 Å². The Labute approximate surface area is 67.0 Å². The Bertz CT molecular complexity index is 245. The van der Waals surface area contributed by atoms with Crippen molar-refractivity contribution >= 4 is 5.69 Å². The molecular formula is C9H13NO. The van der Waals surface area contributed by atoms with Gasteiger partial charge in [-0.1, -0.05) is 6.07 Å². The van der Waals surface area contributed by atoms with Gasteiger partial charge >= 0.3 is 0 Å². The summed E-state index contributed by atoms with van der Waals surface area (Å²) in [7, 11) is 1.63. The summed E-state index contributed by atoms with van der Waals surface area (Å²) in [6.45, 7) is 4.00. The number of aryl methyl sites for hydroxylation is 2. The zero-order valence-electron chi connectivity index (χ0n) is 7.14. The fourth-order valence-corrected chi connectivity index (χ4v) is 1.27. The molecule has 0 aliphatic rings. The normalized spacial score (nSPS) is 9.73. The van der Waals surface area contributed by atoms with Gasteiger partial charge in [0.05, 0.1) is 12.8 Å². The number of nitrogens with two attached hydrogens (primary N) is 1. The zero-order valence-corrected chi connectivity index (χ0v) is 7.14. The van der Waals surface area contributed by atoms with Crippen LogP contribution in [-0.4, -0.2) is 7.11 Å². The third kappa shape index (κ3) is 1.45. The largest absolute Gasteiger partial charge is 0.494 e. The molecule has 0 aromatic heterocycles. The minimum Gasteiger partial charge on any atom is -0.494 e. The van der Waals surface area contributed by atoms with E-state index in [1.54, 1.807) is 7.11 Å². The maximum Gasteiger partial charge on any atom is 0.144 e. The SMILES string of the molecule is COc1c(C)cc(C)cc1N. The molecule has 2 heteroatoms. The highest BCUT2D eigenvalue weighted by Crippen LogP contribution is 2.26. The lowest BCUT2D eigenvalue weighted by Gasteiger charge is -2.08.